The fourth-order valence-corrected chi connectivity index (χ4v) is 2.99. The molecule has 4 heteroatoms. The second-order valence-electron chi connectivity index (χ2n) is 4.61. The number of hydrogen-bond donors (Lipinski definition) is 0. The van der Waals surface area contributed by atoms with Gasteiger partial charge in [0.15, 0.2) is 0 Å². The zero-order chi connectivity index (χ0) is 16.1. The highest BCUT2D eigenvalue weighted by Crippen LogP contribution is 2.31. The van der Waals surface area contributed by atoms with E-state index in [-0.39, 0.29) is 11.1 Å². The number of benzene rings is 1. The predicted octanol–water partition coefficient (Wildman–Crippen LogP) is 4.50. The van der Waals surface area contributed by atoms with Gasteiger partial charge in [0, 0.05) is 6.54 Å². The summed E-state index contributed by atoms with van der Waals surface area (Å²) in [5.41, 5.74) is 2.76. The summed E-state index contributed by atoms with van der Waals surface area (Å²) in [7, 11) is 0. The Bertz CT molecular complexity index is 701. The highest BCUT2D eigenvalue weighted by Gasteiger charge is 2.33. The van der Waals surface area contributed by atoms with Gasteiger partial charge in [-0.15, -0.1) is 0 Å². The number of thioether (sulfide) groups is 1. The van der Waals surface area contributed by atoms with Crippen molar-refractivity contribution in [1.29, 1.82) is 0 Å². The van der Waals surface area contributed by atoms with E-state index in [1.54, 1.807) is 25.2 Å². The fourth-order valence-electron chi connectivity index (χ4n) is 2.09. The summed E-state index contributed by atoms with van der Waals surface area (Å²) in [5.74, 6) is -0.248. The molecule has 22 heavy (non-hydrogen) atoms. The van der Waals surface area contributed by atoms with E-state index in [1.807, 2.05) is 30.3 Å². The van der Waals surface area contributed by atoms with Crippen LogP contribution in [-0.2, 0) is 4.79 Å². The smallest absolute Gasteiger partial charge is 0.269 e. The van der Waals surface area contributed by atoms with Crippen molar-refractivity contribution < 1.29 is 9.59 Å². The fraction of sp³-hybridized carbons (Fsp3) is 0.111. The highest BCUT2D eigenvalue weighted by atomic mass is 32.2. The molecule has 0 saturated carbocycles. The van der Waals surface area contributed by atoms with E-state index in [0.29, 0.717) is 11.4 Å². The highest BCUT2D eigenvalue weighted by molar-refractivity contribution is 8.18. The lowest BCUT2D eigenvalue weighted by Gasteiger charge is -2.07. The Morgan fingerprint density at radius 2 is 1.91 bits per heavy atom. The summed E-state index contributed by atoms with van der Waals surface area (Å²) in [4.78, 5) is 25.5. The normalized spacial score (nSPS) is 17.2. The molecular formula is C18H17NO2S. The van der Waals surface area contributed by atoms with Crippen molar-refractivity contribution in [2.75, 3.05) is 6.54 Å². The van der Waals surface area contributed by atoms with Crippen molar-refractivity contribution >= 4 is 35.1 Å². The van der Waals surface area contributed by atoms with Crippen LogP contribution in [0.5, 0.6) is 0 Å². The number of allylic oxidation sites excluding steroid dienone is 3. The second kappa shape index (κ2) is 7.09. The van der Waals surface area contributed by atoms with Gasteiger partial charge in [0.2, 0.25) is 0 Å². The first-order valence-corrected chi connectivity index (χ1v) is 7.73. The van der Waals surface area contributed by atoms with Crippen molar-refractivity contribution in [3.05, 3.63) is 71.2 Å². The predicted molar refractivity (Wildman–Crippen MR) is 93.2 cm³/mol. The molecule has 3 nitrogen and oxygen atoms in total. The molecule has 1 heterocycles. The van der Waals surface area contributed by atoms with Crippen LogP contribution in [0.25, 0.3) is 12.2 Å². The number of rotatable bonds is 5. The average Bonchev–Trinajstić information content (AvgIpc) is 2.80. The molecule has 1 saturated heterocycles. The minimum Gasteiger partial charge on any atom is -0.269 e. The third kappa shape index (κ3) is 3.28. The zero-order valence-corrected chi connectivity index (χ0v) is 13.2. The monoisotopic (exact) mass is 311 g/mol. The largest absolute Gasteiger partial charge is 0.293 e. The lowest BCUT2D eigenvalue weighted by molar-refractivity contribution is -0.122. The summed E-state index contributed by atoms with van der Waals surface area (Å²) in [6.07, 6.45) is 7.06. The quantitative estimate of drug-likeness (QED) is 0.593. The SMILES string of the molecule is C=CC(=C\c1ccccc1C=C)/C=C1/SC(=O)N(CC)C1=O. The van der Waals surface area contributed by atoms with Crippen LogP contribution in [0.2, 0.25) is 0 Å². The maximum atomic E-state index is 12.1. The van der Waals surface area contributed by atoms with Crippen molar-refractivity contribution in [2.45, 2.75) is 6.92 Å². The Balaban J connectivity index is 2.37. The minimum absolute atomic E-state index is 0.228. The molecule has 0 aromatic heterocycles. The summed E-state index contributed by atoms with van der Waals surface area (Å²) in [6.45, 7) is 9.74. The summed E-state index contributed by atoms with van der Waals surface area (Å²) in [6, 6.07) is 7.80. The van der Waals surface area contributed by atoms with Gasteiger partial charge >= 0.3 is 0 Å². The topological polar surface area (TPSA) is 37.4 Å². The Morgan fingerprint density at radius 3 is 2.45 bits per heavy atom. The Labute approximate surface area is 134 Å². The number of amides is 2. The molecule has 0 atom stereocenters. The summed E-state index contributed by atoms with van der Waals surface area (Å²) in [5, 5.41) is -0.228. The molecule has 0 radical (unpaired) electrons. The Hall–Kier alpha value is -2.33. The van der Waals surface area contributed by atoms with E-state index < -0.39 is 0 Å². The van der Waals surface area contributed by atoms with Crippen molar-refractivity contribution in [3.63, 3.8) is 0 Å². The van der Waals surface area contributed by atoms with Crippen molar-refractivity contribution in [3.8, 4) is 0 Å². The van der Waals surface area contributed by atoms with E-state index in [0.717, 1.165) is 28.5 Å². The third-order valence-corrected chi connectivity index (χ3v) is 4.17. The molecule has 1 aromatic carbocycles. The second-order valence-corrected chi connectivity index (χ2v) is 5.60. The molecule has 0 spiro atoms. The zero-order valence-electron chi connectivity index (χ0n) is 12.4. The van der Waals surface area contributed by atoms with Crippen LogP contribution in [-0.4, -0.2) is 22.6 Å². The lowest BCUT2D eigenvalue weighted by atomic mass is 10.0. The van der Waals surface area contributed by atoms with Gasteiger partial charge in [-0.2, -0.15) is 0 Å². The van der Waals surface area contributed by atoms with Crippen LogP contribution in [0.15, 0.2) is 60.1 Å². The molecule has 112 valence electrons. The van der Waals surface area contributed by atoms with Gasteiger partial charge in [-0.3, -0.25) is 14.5 Å². The van der Waals surface area contributed by atoms with Crippen molar-refractivity contribution in [2.24, 2.45) is 0 Å². The lowest BCUT2D eigenvalue weighted by Crippen LogP contribution is -2.27. The first-order valence-electron chi connectivity index (χ1n) is 6.91. The Kier molecular flexibility index (Phi) is 5.17. The van der Waals surface area contributed by atoms with Gasteiger partial charge in [-0.25, -0.2) is 0 Å². The molecule has 1 aliphatic heterocycles. The van der Waals surface area contributed by atoms with Gasteiger partial charge in [0.05, 0.1) is 4.91 Å². The molecule has 1 aliphatic rings. The molecule has 0 aliphatic carbocycles. The maximum Gasteiger partial charge on any atom is 0.293 e. The molecule has 0 N–H and O–H groups in total. The van der Waals surface area contributed by atoms with Gasteiger partial charge in [-0.1, -0.05) is 49.6 Å². The van der Waals surface area contributed by atoms with Crippen LogP contribution < -0.4 is 0 Å². The van der Waals surface area contributed by atoms with Gasteiger partial charge < -0.3 is 0 Å². The van der Waals surface area contributed by atoms with E-state index in [1.165, 1.54) is 4.90 Å². The van der Waals surface area contributed by atoms with E-state index >= 15 is 0 Å². The standard InChI is InChI=1S/C18H17NO2S/c1-4-13(11-15-10-8-7-9-14(15)5-2)12-16-17(20)19(6-3)18(21)22-16/h4-5,7-12H,1-2,6H2,3H3/b13-11+,16-12+. The van der Waals surface area contributed by atoms with E-state index in [2.05, 4.69) is 13.2 Å². The molecule has 2 rings (SSSR count). The van der Waals surface area contributed by atoms with Crippen LogP contribution >= 0.6 is 11.8 Å². The van der Waals surface area contributed by atoms with Crippen LogP contribution in [0, 0.1) is 0 Å². The number of likely N-dealkylation sites (N-methyl/N-ethyl adjacent to an activating group) is 1. The molecule has 1 aromatic rings. The molecule has 1 fully saturated rings. The molecule has 2 amide bonds. The number of carbonyl (C=O) groups is 2. The third-order valence-electron chi connectivity index (χ3n) is 3.26. The van der Waals surface area contributed by atoms with E-state index in [9.17, 15) is 9.59 Å². The average molecular weight is 311 g/mol. The molecular weight excluding hydrogens is 294 g/mol. The molecule has 0 bridgehead atoms. The van der Waals surface area contributed by atoms with Gasteiger partial charge in [0.25, 0.3) is 11.1 Å². The number of carbonyl (C=O) groups excluding carboxylic acids is 2. The number of hydrogen-bond acceptors (Lipinski definition) is 3. The van der Waals surface area contributed by atoms with Crippen LogP contribution in [0.1, 0.15) is 18.1 Å². The Morgan fingerprint density at radius 1 is 1.23 bits per heavy atom. The summed E-state index contributed by atoms with van der Waals surface area (Å²) < 4.78 is 0. The number of imide groups is 1. The van der Waals surface area contributed by atoms with Gasteiger partial charge in [-0.05, 0) is 47.5 Å². The maximum absolute atomic E-state index is 12.1. The van der Waals surface area contributed by atoms with Gasteiger partial charge in [0.1, 0.15) is 0 Å². The number of nitrogens with zero attached hydrogens (tertiary/aromatic N) is 1. The first-order chi connectivity index (χ1) is 10.6. The minimum atomic E-state index is -0.248. The van der Waals surface area contributed by atoms with E-state index in [4.69, 9.17) is 0 Å². The first kappa shape index (κ1) is 16.0. The summed E-state index contributed by atoms with van der Waals surface area (Å²) >= 11 is 0.960. The van der Waals surface area contributed by atoms with Crippen molar-refractivity contribution in [1.82, 2.24) is 4.90 Å². The van der Waals surface area contributed by atoms with Crippen LogP contribution in [0.4, 0.5) is 4.79 Å². The molecule has 0 unspecified atom stereocenters. The van der Waals surface area contributed by atoms with Crippen LogP contribution in [0.3, 0.4) is 0 Å².